The molecule has 14 heteroatoms. The number of benzene rings is 1. The van der Waals surface area contributed by atoms with E-state index in [0.29, 0.717) is 0 Å². The minimum Gasteiger partial charge on any atom is -0.456 e. The summed E-state index contributed by atoms with van der Waals surface area (Å²) < 4.78 is 51.5. The van der Waals surface area contributed by atoms with Crippen molar-refractivity contribution in [1.82, 2.24) is 19.5 Å². The summed E-state index contributed by atoms with van der Waals surface area (Å²) >= 11 is 0. The Morgan fingerprint density at radius 2 is 1.92 bits per heavy atom. The SMILES string of the molecule is CC(=O)Nc1ncnc2c1ncn2[C@@H]1O[C@H](COP(C)(=O)OCc2ccccc2)C(OC(C)=O)[C@@H]1F. The standard InChI is InChI=1S/C22H25FN5O7P/c1-13(29)27-20-18-21(25-11-24-20)28(12-26-18)22-17(23)19(34-14(2)30)16(35-22)10-33-36(3,31)32-9-15-7-5-4-6-8-15/h4-8,11-12,16-17,19,22H,9-10H2,1-3H3,(H,24,25,27,29)/t16-,17+,19?,22-,36?/m1/s1. The first kappa shape index (κ1) is 25.8. The van der Waals surface area contributed by atoms with Crippen molar-refractivity contribution >= 4 is 36.5 Å². The van der Waals surface area contributed by atoms with Crippen LogP contribution in [0.1, 0.15) is 25.6 Å². The van der Waals surface area contributed by atoms with E-state index in [2.05, 4.69) is 20.3 Å². The van der Waals surface area contributed by atoms with Gasteiger partial charge in [0.05, 0.1) is 19.5 Å². The molecular weight excluding hydrogens is 496 g/mol. The van der Waals surface area contributed by atoms with Gasteiger partial charge in [-0.1, -0.05) is 30.3 Å². The summed E-state index contributed by atoms with van der Waals surface area (Å²) in [6, 6.07) is 9.11. The second-order valence-corrected chi connectivity index (χ2v) is 10.2. The van der Waals surface area contributed by atoms with Gasteiger partial charge in [0.2, 0.25) is 5.91 Å². The minimum absolute atomic E-state index is 0.0548. The van der Waals surface area contributed by atoms with Crippen LogP contribution < -0.4 is 5.32 Å². The molecule has 3 aromatic rings. The number of imidazole rings is 1. The fraction of sp³-hybridized carbons (Fsp3) is 0.409. The average molecular weight is 521 g/mol. The van der Waals surface area contributed by atoms with E-state index in [0.717, 1.165) is 12.5 Å². The summed E-state index contributed by atoms with van der Waals surface area (Å²) in [5.41, 5.74) is 1.21. The number of carbonyl (C=O) groups excluding carboxylic acids is 2. The molecule has 1 saturated heterocycles. The zero-order chi connectivity index (χ0) is 25.9. The number of rotatable bonds is 9. The van der Waals surface area contributed by atoms with Gasteiger partial charge < -0.3 is 23.8 Å². The van der Waals surface area contributed by atoms with Gasteiger partial charge in [0.1, 0.15) is 12.4 Å². The monoisotopic (exact) mass is 521 g/mol. The highest BCUT2D eigenvalue weighted by Crippen LogP contribution is 2.46. The molecule has 192 valence electrons. The summed E-state index contributed by atoms with van der Waals surface area (Å²) in [7, 11) is -3.55. The zero-order valence-electron chi connectivity index (χ0n) is 19.7. The van der Waals surface area contributed by atoms with Gasteiger partial charge in [-0.15, -0.1) is 0 Å². The van der Waals surface area contributed by atoms with E-state index in [9.17, 15) is 14.2 Å². The molecule has 0 aliphatic carbocycles. The largest absolute Gasteiger partial charge is 0.456 e. The van der Waals surface area contributed by atoms with E-state index in [4.69, 9.17) is 18.5 Å². The number of halogens is 1. The number of aromatic nitrogens is 4. The number of hydrogen-bond donors (Lipinski definition) is 1. The maximum atomic E-state index is 15.5. The molecule has 5 atom stereocenters. The average Bonchev–Trinajstić information content (AvgIpc) is 3.39. The Labute approximate surface area is 205 Å². The Balaban J connectivity index is 1.51. The number of esters is 1. The van der Waals surface area contributed by atoms with Gasteiger partial charge in [-0.25, -0.2) is 19.3 Å². The van der Waals surface area contributed by atoms with Crippen LogP contribution in [0, 0.1) is 0 Å². The molecular formula is C22H25FN5O7P. The van der Waals surface area contributed by atoms with Crippen LogP contribution in [0.2, 0.25) is 0 Å². The van der Waals surface area contributed by atoms with Crippen LogP contribution in [0.3, 0.4) is 0 Å². The van der Waals surface area contributed by atoms with Crippen molar-refractivity contribution in [3.05, 3.63) is 48.5 Å². The Hall–Kier alpha value is -3.25. The van der Waals surface area contributed by atoms with Crippen molar-refractivity contribution in [1.29, 1.82) is 0 Å². The van der Waals surface area contributed by atoms with Crippen LogP contribution in [-0.4, -0.2) is 63.0 Å². The van der Waals surface area contributed by atoms with Crippen LogP contribution in [0.25, 0.3) is 11.2 Å². The number of carbonyl (C=O) groups is 2. The molecule has 0 radical (unpaired) electrons. The highest BCUT2D eigenvalue weighted by molar-refractivity contribution is 7.52. The lowest BCUT2D eigenvalue weighted by Crippen LogP contribution is -2.35. The van der Waals surface area contributed by atoms with Gasteiger partial charge in [-0.3, -0.25) is 18.7 Å². The number of alkyl halides is 1. The van der Waals surface area contributed by atoms with Crippen LogP contribution in [-0.2, 0) is 39.3 Å². The number of nitrogens with zero attached hydrogens (tertiary/aromatic N) is 4. The van der Waals surface area contributed by atoms with Crippen molar-refractivity contribution in [3.63, 3.8) is 0 Å². The summed E-state index contributed by atoms with van der Waals surface area (Å²) in [6.45, 7) is 3.44. The molecule has 4 rings (SSSR count). The van der Waals surface area contributed by atoms with Gasteiger partial charge in [0.15, 0.2) is 35.5 Å². The fourth-order valence-electron chi connectivity index (χ4n) is 3.69. The molecule has 0 saturated carbocycles. The topological polar surface area (TPSA) is 144 Å². The molecule has 1 amide bonds. The highest BCUT2D eigenvalue weighted by Gasteiger charge is 2.49. The molecule has 1 aliphatic rings. The predicted octanol–water partition coefficient (Wildman–Crippen LogP) is 3.01. The third-order valence-corrected chi connectivity index (χ3v) is 6.49. The number of amides is 1. The third-order valence-electron chi connectivity index (χ3n) is 5.28. The predicted molar refractivity (Wildman–Crippen MR) is 125 cm³/mol. The highest BCUT2D eigenvalue weighted by atomic mass is 31.2. The second-order valence-electron chi connectivity index (χ2n) is 8.14. The number of anilines is 1. The molecule has 1 aliphatic heterocycles. The van der Waals surface area contributed by atoms with Crippen LogP contribution in [0.5, 0.6) is 0 Å². The van der Waals surface area contributed by atoms with E-state index in [-0.39, 0.29) is 36.1 Å². The van der Waals surface area contributed by atoms with Crippen molar-refractivity contribution in [2.24, 2.45) is 0 Å². The molecule has 3 heterocycles. The smallest absolute Gasteiger partial charge is 0.328 e. The number of ether oxygens (including phenoxy) is 2. The van der Waals surface area contributed by atoms with Crippen LogP contribution in [0.15, 0.2) is 43.0 Å². The first-order valence-electron chi connectivity index (χ1n) is 11.0. The van der Waals surface area contributed by atoms with Crippen molar-refractivity contribution in [2.75, 3.05) is 18.6 Å². The summed E-state index contributed by atoms with van der Waals surface area (Å²) in [5, 5.41) is 2.53. The first-order valence-corrected chi connectivity index (χ1v) is 13.0. The van der Waals surface area contributed by atoms with Crippen LogP contribution >= 0.6 is 7.60 Å². The number of hydrogen-bond acceptors (Lipinski definition) is 10. The third kappa shape index (κ3) is 5.93. The fourth-order valence-corrected chi connectivity index (χ4v) is 4.57. The normalized spacial score (nSPS) is 23.3. The summed E-state index contributed by atoms with van der Waals surface area (Å²) in [5.74, 6) is -0.933. The maximum absolute atomic E-state index is 15.5. The lowest BCUT2D eigenvalue weighted by atomic mass is 10.1. The lowest BCUT2D eigenvalue weighted by molar-refractivity contribution is -0.152. The molecule has 2 aromatic heterocycles. The molecule has 2 unspecified atom stereocenters. The molecule has 12 nitrogen and oxygen atoms in total. The van der Waals surface area contributed by atoms with E-state index in [1.165, 1.54) is 30.8 Å². The number of fused-ring (bicyclic) bond motifs is 1. The van der Waals surface area contributed by atoms with Gasteiger partial charge >= 0.3 is 13.6 Å². The Kier molecular flexibility index (Phi) is 7.74. The van der Waals surface area contributed by atoms with Crippen molar-refractivity contribution in [3.8, 4) is 0 Å². The lowest BCUT2D eigenvalue weighted by Gasteiger charge is -2.21. The Morgan fingerprint density at radius 1 is 1.17 bits per heavy atom. The Morgan fingerprint density at radius 3 is 2.61 bits per heavy atom. The van der Waals surface area contributed by atoms with E-state index < -0.39 is 38.2 Å². The van der Waals surface area contributed by atoms with Gasteiger partial charge in [0, 0.05) is 20.5 Å². The maximum Gasteiger partial charge on any atom is 0.328 e. The van der Waals surface area contributed by atoms with Crippen molar-refractivity contribution < 1.29 is 37.1 Å². The summed E-state index contributed by atoms with van der Waals surface area (Å²) in [6.07, 6.45) is -3.11. The van der Waals surface area contributed by atoms with Gasteiger partial charge in [-0.2, -0.15) is 0 Å². The van der Waals surface area contributed by atoms with E-state index >= 15 is 4.39 Å². The molecule has 1 fully saturated rings. The molecule has 0 spiro atoms. The quantitative estimate of drug-likeness (QED) is 0.330. The van der Waals surface area contributed by atoms with E-state index in [1.807, 2.05) is 30.3 Å². The molecule has 0 bridgehead atoms. The first-order chi connectivity index (χ1) is 17.1. The molecule has 1 aromatic carbocycles. The van der Waals surface area contributed by atoms with Gasteiger partial charge in [-0.05, 0) is 5.56 Å². The molecule has 36 heavy (non-hydrogen) atoms. The Bertz CT molecular complexity index is 1290. The minimum atomic E-state index is -3.55. The van der Waals surface area contributed by atoms with E-state index in [1.54, 1.807) is 0 Å². The van der Waals surface area contributed by atoms with Crippen LogP contribution in [0.4, 0.5) is 10.2 Å². The van der Waals surface area contributed by atoms with Crippen molar-refractivity contribution in [2.45, 2.75) is 45.1 Å². The number of nitrogens with one attached hydrogen (secondary N) is 1. The zero-order valence-corrected chi connectivity index (χ0v) is 20.6. The van der Waals surface area contributed by atoms with Gasteiger partial charge in [0.25, 0.3) is 0 Å². The molecule has 1 N–H and O–H groups in total. The second kappa shape index (κ2) is 10.8. The summed E-state index contributed by atoms with van der Waals surface area (Å²) in [4.78, 5) is 35.4.